The smallest absolute Gasteiger partial charge is 0.306 e. The first kappa shape index (κ1) is 14.6. The minimum atomic E-state index is -0.919. The van der Waals surface area contributed by atoms with Gasteiger partial charge in [0.2, 0.25) is 11.7 Å². The molecule has 0 bridgehead atoms. The zero-order valence-electron chi connectivity index (χ0n) is 9.49. The summed E-state index contributed by atoms with van der Waals surface area (Å²) < 4.78 is 13.0. The van der Waals surface area contributed by atoms with Gasteiger partial charge in [0.25, 0.3) is 0 Å². The molecule has 0 unspecified atom stereocenters. The third-order valence-electron chi connectivity index (χ3n) is 2.21. The maximum Gasteiger partial charge on any atom is 0.306 e. The molecule has 18 heavy (non-hydrogen) atoms. The second-order valence-corrected chi connectivity index (χ2v) is 4.41. The number of nitro benzene ring substituents is 1. The molecule has 0 heterocycles. The van der Waals surface area contributed by atoms with Crippen LogP contribution >= 0.6 is 15.9 Å². The van der Waals surface area contributed by atoms with Gasteiger partial charge in [-0.3, -0.25) is 14.9 Å². The molecule has 7 heteroatoms. The van der Waals surface area contributed by atoms with Crippen molar-refractivity contribution in [2.75, 3.05) is 10.6 Å². The first-order valence-electron chi connectivity index (χ1n) is 5.34. The molecule has 0 saturated carbocycles. The van der Waals surface area contributed by atoms with Crippen molar-refractivity contribution in [2.24, 2.45) is 0 Å². The van der Waals surface area contributed by atoms with Crippen LogP contribution in [0.4, 0.5) is 15.8 Å². The van der Waals surface area contributed by atoms with E-state index in [4.69, 9.17) is 0 Å². The standard InChI is InChI=1S/C11H12BrFN2O3/c12-6-2-1-3-11(16)14-8-4-5-9(13)10(7-8)15(17)18/h4-5,7H,1-3,6H2,(H,14,16). The molecule has 0 saturated heterocycles. The van der Waals surface area contributed by atoms with E-state index in [1.54, 1.807) is 0 Å². The zero-order valence-corrected chi connectivity index (χ0v) is 11.1. The highest BCUT2D eigenvalue weighted by molar-refractivity contribution is 9.09. The molecule has 98 valence electrons. The lowest BCUT2D eigenvalue weighted by Gasteiger charge is -2.04. The fourth-order valence-corrected chi connectivity index (χ4v) is 1.73. The molecule has 5 nitrogen and oxygen atoms in total. The summed E-state index contributed by atoms with van der Waals surface area (Å²) in [4.78, 5) is 21.2. The summed E-state index contributed by atoms with van der Waals surface area (Å²) in [6.07, 6.45) is 1.92. The Morgan fingerprint density at radius 1 is 1.44 bits per heavy atom. The van der Waals surface area contributed by atoms with Gasteiger partial charge in [0, 0.05) is 23.5 Å². The van der Waals surface area contributed by atoms with Crippen molar-refractivity contribution >= 4 is 33.2 Å². The summed E-state index contributed by atoms with van der Waals surface area (Å²) in [5.41, 5.74) is -0.416. The quantitative estimate of drug-likeness (QED) is 0.379. The number of carbonyl (C=O) groups is 1. The van der Waals surface area contributed by atoms with Crippen molar-refractivity contribution < 1.29 is 14.1 Å². The summed E-state index contributed by atoms with van der Waals surface area (Å²) in [6, 6.07) is 3.27. The number of benzene rings is 1. The lowest BCUT2D eigenvalue weighted by atomic mass is 10.2. The van der Waals surface area contributed by atoms with Crippen molar-refractivity contribution in [3.8, 4) is 0 Å². The lowest BCUT2D eigenvalue weighted by molar-refractivity contribution is -0.387. The zero-order chi connectivity index (χ0) is 13.5. The number of carbonyl (C=O) groups excluding carboxylic acids is 1. The van der Waals surface area contributed by atoms with Gasteiger partial charge in [0.15, 0.2) is 0 Å². The number of rotatable bonds is 6. The lowest BCUT2D eigenvalue weighted by Crippen LogP contribution is -2.11. The Kier molecular flexibility index (Phi) is 5.70. The maximum absolute atomic E-state index is 13.0. The molecular formula is C11H12BrFN2O3. The average molecular weight is 319 g/mol. The summed E-state index contributed by atoms with van der Waals surface area (Å²) in [5, 5.41) is 13.8. The number of halogens is 2. The molecule has 0 aliphatic carbocycles. The summed E-state index contributed by atoms with van der Waals surface area (Å²) in [6.45, 7) is 0. The molecular weight excluding hydrogens is 307 g/mol. The van der Waals surface area contributed by atoms with Crippen molar-refractivity contribution in [1.29, 1.82) is 0 Å². The number of unbranched alkanes of at least 4 members (excludes halogenated alkanes) is 1. The van der Waals surface area contributed by atoms with E-state index in [1.165, 1.54) is 6.07 Å². The van der Waals surface area contributed by atoms with Gasteiger partial charge in [-0.15, -0.1) is 0 Å². The second-order valence-electron chi connectivity index (χ2n) is 3.62. The summed E-state index contributed by atoms with van der Waals surface area (Å²) in [5.74, 6) is -1.16. The van der Waals surface area contributed by atoms with Crippen LogP contribution < -0.4 is 5.32 Å². The molecule has 0 spiro atoms. The van der Waals surface area contributed by atoms with Gasteiger partial charge >= 0.3 is 5.69 Å². The molecule has 0 fully saturated rings. The van der Waals surface area contributed by atoms with Crippen LogP contribution in [0.3, 0.4) is 0 Å². The molecule has 1 rings (SSSR count). The van der Waals surface area contributed by atoms with Gasteiger partial charge in [0.1, 0.15) is 0 Å². The van der Waals surface area contributed by atoms with E-state index in [1.807, 2.05) is 0 Å². The van der Waals surface area contributed by atoms with Gasteiger partial charge in [0.05, 0.1) is 4.92 Å². The molecule has 1 amide bonds. The number of nitro groups is 1. The van der Waals surface area contributed by atoms with Gasteiger partial charge in [-0.25, -0.2) is 0 Å². The van der Waals surface area contributed by atoms with Gasteiger partial charge in [-0.2, -0.15) is 4.39 Å². The van der Waals surface area contributed by atoms with E-state index >= 15 is 0 Å². The minimum absolute atomic E-state index is 0.229. The average Bonchev–Trinajstić information content (AvgIpc) is 2.31. The second kappa shape index (κ2) is 7.05. The predicted octanol–water partition coefficient (Wildman–Crippen LogP) is 3.24. The third-order valence-corrected chi connectivity index (χ3v) is 2.77. The van der Waals surface area contributed by atoms with E-state index < -0.39 is 16.4 Å². The fourth-order valence-electron chi connectivity index (χ4n) is 1.33. The monoisotopic (exact) mass is 318 g/mol. The SMILES string of the molecule is O=C(CCCCBr)Nc1ccc(F)c([N+](=O)[O-])c1. The van der Waals surface area contributed by atoms with Gasteiger partial charge in [-0.1, -0.05) is 15.9 Å². The van der Waals surface area contributed by atoms with Crippen LogP contribution in [0.2, 0.25) is 0 Å². The van der Waals surface area contributed by atoms with Crippen LogP contribution in [-0.4, -0.2) is 16.2 Å². The van der Waals surface area contributed by atoms with E-state index in [-0.39, 0.29) is 11.6 Å². The molecule has 1 N–H and O–H groups in total. The number of hydrogen-bond acceptors (Lipinski definition) is 3. The Hall–Kier alpha value is -1.50. The maximum atomic E-state index is 13.0. The number of amides is 1. The van der Waals surface area contributed by atoms with Crippen LogP contribution in [0.25, 0.3) is 0 Å². The van der Waals surface area contributed by atoms with E-state index in [0.717, 1.165) is 30.3 Å². The predicted molar refractivity (Wildman–Crippen MR) is 69.3 cm³/mol. The van der Waals surface area contributed by atoms with E-state index in [9.17, 15) is 19.3 Å². The Balaban J connectivity index is 2.65. The number of nitrogens with zero attached hydrogens (tertiary/aromatic N) is 1. The van der Waals surface area contributed by atoms with Crippen LogP contribution in [0.15, 0.2) is 18.2 Å². The fraction of sp³-hybridized carbons (Fsp3) is 0.364. The first-order valence-corrected chi connectivity index (χ1v) is 6.46. The molecule has 0 radical (unpaired) electrons. The molecule has 1 aromatic rings. The Labute approximate surface area is 112 Å². The number of hydrogen-bond donors (Lipinski definition) is 1. The topological polar surface area (TPSA) is 72.2 Å². The summed E-state index contributed by atoms with van der Waals surface area (Å²) in [7, 11) is 0. The van der Waals surface area contributed by atoms with Crippen molar-refractivity contribution in [3.05, 3.63) is 34.1 Å². The highest BCUT2D eigenvalue weighted by Gasteiger charge is 2.15. The van der Waals surface area contributed by atoms with Crippen LogP contribution in [0, 0.1) is 15.9 Å². The molecule has 0 aromatic heterocycles. The highest BCUT2D eigenvalue weighted by atomic mass is 79.9. The third kappa shape index (κ3) is 4.40. The summed E-state index contributed by atoms with van der Waals surface area (Å²) >= 11 is 3.25. The molecule has 0 aliphatic heterocycles. The minimum Gasteiger partial charge on any atom is -0.326 e. The Bertz CT molecular complexity index is 454. The van der Waals surface area contributed by atoms with Gasteiger partial charge in [-0.05, 0) is 25.0 Å². The molecule has 0 atom stereocenters. The normalized spacial score (nSPS) is 10.1. The van der Waals surface area contributed by atoms with Crippen molar-refractivity contribution in [2.45, 2.75) is 19.3 Å². The van der Waals surface area contributed by atoms with Crippen molar-refractivity contribution in [1.82, 2.24) is 0 Å². The van der Waals surface area contributed by atoms with Crippen molar-refractivity contribution in [3.63, 3.8) is 0 Å². The molecule has 0 aliphatic rings. The number of anilines is 1. The first-order chi connectivity index (χ1) is 8.54. The van der Waals surface area contributed by atoms with Crippen LogP contribution in [0.1, 0.15) is 19.3 Å². The van der Waals surface area contributed by atoms with Crippen LogP contribution in [0.5, 0.6) is 0 Å². The van der Waals surface area contributed by atoms with Crippen LogP contribution in [-0.2, 0) is 4.79 Å². The largest absolute Gasteiger partial charge is 0.326 e. The molecule has 1 aromatic carbocycles. The Morgan fingerprint density at radius 3 is 2.78 bits per heavy atom. The van der Waals surface area contributed by atoms with E-state index in [0.29, 0.717) is 6.42 Å². The number of alkyl halides is 1. The Morgan fingerprint density at radius 2 is 2.17 bits per heavy atom. The van der Waals surface area contributed by atoms with Gasteiger partial charge < -0.3 is 5.32 Å². The highest BCUT2D eigenvalue weighted by Crippen LogP contribution is 2.21. The number of nitrogens with one attached hydrogen (secondary N) is 1. The van der Waals surface area contributed by atoms with E-state index in [2.05, 4.69) is 21.2 Å².